The molecule has 0 radical (unpaired) electrons. The number of rotatable bonds is 7. The van der Waals surface area contributed by atoms with Crippen molar-refractivity contribution in [2.75, 3.05) is 39.3 Å². The molecule has 0 amide bonds. The minimum Gasteiger partial charge on any atom is -0.389 e. The van der Waals surface area contributed by atoms with E-state index in [4.69, 9.17) is 4.74 Å². The topological polar surface area (TPSA) is 35.9 Å². The fourth-order valence-electron chi connectivity index (χ4n) is 3.79. The van der Waals surface area contributed by atoms with Crippen molar-refractivity contribution in [3.8, 4) is 0 Å². The second-order valence-corrected chi connectivity index (χ2v) is 8.64. The number of piperazine rings is 1. The Balaban J connectivity index is 1.60. The van der Waals surface area contributed by atoms with Crippen LogP contribution in [-0.4, -0.2) is 65.9 Å². The van der Waals surface area contributed by atoms with Crippen LogP contribution in [-0.2, 0) is 4.74 Å². The number of nitrogens with zero attached hydrogens (tertiary/aromatic N) is 2. The van der Waals surface area contributed by atoms with Gasteiger partial charge in [-0.2, -0.15) is 0 Å². The third-order valence-corrected chi connectivity index (χ3v) is 5.18. The monoisotopic (exact) mass is 382 g/mol. The Hall–Kier alpha value is -1.72. The van der Waals surface area contributed by atoms with Crippen molar-refractivity contribution >= 4 is 0 Å². The molecular formula is C24H34N2O2. The fraction of sp³-hybridized carbons (Fsp3) is 0.500. The van der Waals surface area contributed by atoms with Gasteiger partial charge in [0.05, 0.1) is 24.4 Å². The van der Waals surface area contributed by atoms with Gasteiger partial charge < -0.3 is 9.84 Å². The normalized spacial score (nSPS) is 17.8. The molecule has 0 saturated carbocycles. The lowest BCUT2D eigenvalue weighted by molar-refractivity contribution is -0.0590. The zero-order valence-electron chi connectivity index (χ0n) is 17.4. The molecule has 4 heteroatoms. The molecule has 2 aromatic rings. The van der Waals surface area contributed by atoms with Gasteiger partial charge in [-0.3, -0.25) is 9.80 Å². The van der Waals surface area contributed by atoms with Crippen molar-refractivity contribution in [2.24, 2.45) is 0 Å². The van der Waals surface area contributed by atoms with E-state index < -0.39 is 6.10 Å². The van der Waals surface area contributed by atoms with Crippen LogP contribution < -0.4 is 0 Å². The maximum Gasteiger partial charge on any atom is 0.0900 e. The minimum atomic E-state index is -0.440. The van der Waals surface area contributed by atoms with Crippen molar-refractivity contribution in [1.82, 2.24) is 9.80 Å². The minimum absolute atomic E-state index is 0.210. The summed E-state index contributed by atoms with van der Waals surface area (Å²) in [5, 5.41) is 10.3. The smallest absolute Gasteiger partial charge is 0.0900 e. The second kappa shape index (κ2) is 9.66. The summed E-state index contributed by atoms with van der Waals surface area (Å²) in [6.45, 7) is 11.0. The first-order valence-corrected chi connectivity index (χ1v) is 10.3. The van der Waals surface area contributed by atoms with Crippen LogP contribution in [0.2, 0.25) is 0 Å². The van der Waals surface area contributed by atoms with E-state index in [1.54, 1.807) is 0 Å². The molecule has 1 N–H and O–H groups in total. The van der Waals surface area contributed by atoms with Gasteiger partial charge in [0.2, 0.25) is 0 Å². The van der Waals surface area contributed by atoms with Crippen molar-refractivity contribution in [2.45, 2.75) is 38.5 Å². The van der Waals surface area contributed by atoms with Gasteiger partial charge in [-0.15, -0.1) is 0 Å². The van der Waals surface area contributed by atoms with Crippen molar-refractivity contribution in [3.63, 3.8) is 0 Å². The fourth-order valence-corrected chi connectivity index (χ4v) is 3.79. The van der Waals surface area contributed by atoms with Crippen molar-refractivity contribution in [3.05, 3.63) is 71.8 Å². The number of benzene rings is 2. The third-order valence-electron chi connectivity index (χ3n) is 5.18. The van der Waals surface area contributed by atoms with Crippen LogP contribution >= 0.6 is 0 Å². The largest absolute Gasteiger partial charge is 0.389 e. The molecule has 4 nitrogen and oxygen atoms in total. The van der Waals surface area contributed by atoms with Crippen LogP contribution in [0.5, 0.6) is 0 Å². The quantitative estimate of drug-likeness (QED) is 0.794. The first kappa shape index (κ1) is 21.0. The number of hydrogen-bond donors (Lipinski definition) is 1. The predicted molar refractivity (Wildman–Crippen MR) is 114 cm³/mol. The average Bonchev–Trinajstić information content (AvgIpc) is 2.69. The highest BCUT2D eigenvalue weighted by Gasteiger charge is 2.27. The zero-order valence-corrected chi connectivity index (χ0v) is 17.4. The van der Waals surface area contributed by atoms with E-state index in [-0.39, 0.29) is 11.6 Å². The summed E-state index contributed by atoms with van der Waals surface area (Å²) in [5.41, 5.74) is 2.46. The second-order valence-electron chi connectivity index (χ2n) is 8.64. The molecule has 1 fully saturated rings. The summed E-state index contributed by atoms with van der Waals surface area (Å²) < 4.78 is 5.72. The Morgan fingerprint density at radius 3 is 1.82 bits per heavy atom. The van der Waals surface area contributed by atoms with E-state index in [2.05, 4.69) is 70.5 Å². The summed E-state index contributed by atoms with van der Waals surface area (Å²) in [4.78, 5) is 4.90. The Kier molecular flexibility index (Phi) is 7.24. The number of ether oxygens (including phenoxy) is 1. The molecule has 152 valence electrons. The number of aliphatic hydroxyl groups is 1. The number of hydrogen-bond acceptors (Lipinski definition) is 4. The molecule has 0 spiro atoms. The van der Waals surface area contributed by atoms with E-state index in [1.807, 2.05) is 20.8 Å². The first-order valence-electron chi connectivity index (χ1n) is 10.3. The molecule has 1 aliphatic heterocycles. The summed E-state index contributed by atoms with van der Waals surface area (Å²) in [7, 11) is 0. The van der Waals surface area contributed by atoms with Crippen LogP contribution in [0.15, 0.2) is 60.7 Å². The van der Waals surface area contributed by atoms with Gasteiger partial charge in [0, 0.05) is 32.7 Å². The summed E-state index contributed by atoms with van der Waals surface area (Å²) in [6, 6.07) is 21.8. The lowest BCUT2D eigenvalue weighted by atomic mass is 9.96. The Morgan fingerprint density at radius 2 is 1.36 bits per heavy atom. The van der Waals surface area contributed by atoms with Crippen LogP contribution in [0.25, 0.3) is 0 Å². The summed E-state index contributed by atoms with van der Waals surface area (Å²) >= 11 is 0. The Labute approximate surface area is 169 Å². The van der Waals surface area contributed by atoms with E-state index in [9.17, 15) is 5.11 Å². The van der Waals surface area contributed by atoms with Gasteiger partial charge >= 0.3 is 0 Å². The van der Waals surface area contributed by atoms with E-state index in [0.29, 0.717) is 13.2 Å². The van der Waals surface area contributed by atoms with Gasteiger partial charge in [-0.25, -0.2) is 0 Å². The van der Waals surface area contributed by atoms with Gasteiger partial charge in [0.15, 0.2) is 0 Å². The molecule has 1 unspecified atom stereocenters. The lowest BCUT2D eigenvalue weighted by Crippen LogP contribution is -2.50. The Bertz CT molecular complexity index is 652. The number of aliphatic hydroxyl groups excluding tert-OH is 1. The molecule has 1 saturated heterocycles. The molecule has 28 heavy (non-hydrogen) atoms. The first-order chi connectivity index (χ1) is 13.4. The highest BCUT2D eigenvalue weighted by Crippen LogP contribution is 2.29. The molecular weight excluding hydrogens is 348 g/mol. The Morgan fingerprint density at radius 1 is 0.857 bits per heavy atom. The van der Waals surface area contributed by atoms with Crippen LogP contribution in [0, 0.1) is 0 Å². The van der Waals surface area contributed by atoms with Crippen LogP contribution in [0.3, 0.4) is 0 Å². The van der Waals surface area contributed by atoms with E-state index >= 15 is 0 Å². The van der Waals surface area contributed by atoms with Gasteiger partial charge in [0.1, 0.15) is 0 Å². The molecule has 0 aliphatic carbocycles. The molecule has 0 bridgehead atoms. The van der Waals surface area contributed by atoms with Crippen molar-refractivity contribution < 1.29 is 9.84 Å². The van der Waals surface area contributed by atoms with Crippen molar-refractivity contribution in [1.29, 1.82) is 0 Å². The van der Waals surface area contributed by atoms with E-state index in [1.165, 1.54) is 11.1 Å². The van der Waals surface area contributed by atoms with Gasteiger partial charge in [-0.05, 0) is 31.9 Å². The molecule has 1 atom stereocenters. The number of β-amino-alcohol motifs (C(OH)–C–C–N with tert-alkyl or cyclic N) is 1. The maximum absolute atomic E-state index is 10.3. The molecule has 3 rings (SSSR count). The molecule has 0 aromatic heterocycles. The van der Waals surface area contributed by atoms with Crippen LogP contribution in [0.1, 0.15) is 37.9 Å². The predicted octanol–water partition coefficient (Wildman–Crippen LogP) is 3.57. The zero-order chi connectivity index (χ0) is 20.0. The van der Waals surface area contributed by atoms with Gasteiger partial charge in [0.25, 0.3) is 0 Å². The van der Waals surface area contributed by atoms with Gasteiger partial charge in [-0.1, -0.05) is 60.7 Å². The molecule has 1 aliphatic rings. The highest BCUT2D eigenvalue weighted by atomic mass is 16.5. The average molecular weight is 383 g/mol. The lowest BCUT2D eigenvalue weighted by Gasteiger charge is -2.40. The standard InChI is InChI=1S/C24H34N2O2/c1-24(2,3)28-19-22(27)18-25-14-16-26(17-15-25)23(20-10-6-4-7-11-20)21-12-8-5-9-13-21/h4-13,22-23,27H,14-19H2,1-3H3. The molecule has 1 heterocycles. The maximum atomic E-state index is 10.3. The highest BCUT2D eigenvalue weighted by molar-refractivity contribution is 5.31. The van der Waals surface area contributed by atoms with E-state index in [0.717, 1.165) is 26.2 Å². The SMILES string of the molecule is CC(C)(C)OCC(O)CN1CCN(C(c2ccccc2)c2ccccc2)CC1. The summed E-state index contributed by atoms with van der Waals surface area (Å²) in [6.07, 6.45) is -0.440. The molecule has 2 aromatic carbocycles. The van der Waals surface area contributed by atoms with Crippen LogP contribution in [0.4, 0.5) is 0 Å². The summed E-state index contributed by atoms with van der Waals surface area (Å²) in [5.74, 6) is 0. The third kappa shape index (κ3) is 6.14.